The van der Waals surface area contributed by atoms with Crippen molar-refractivity contribution in [3.8, 4) is 0 Å². The molecule has 0 amide bonds. The maximum absolute atomic E-state index is 11.1. The van der Waals surface area contributed by atoms with Crippen LogP contribution in [-0.2, 0) is 18.9 Å². The molecule has 14 heteroatoms. The second-order valence-electron chi connectivity index (χ2n) is 6.26. The average molecular weight is 419 g/mol. The molecule has 2 aromatic rings. The van der Waals surface area contributed by atoms with Crippen LogP contribution in [0.4, 0.5) is 5.82 Å². The summed E-state index contributed by atoms with van der Waals surface area (Å²) in [6.45, 7) is 1.09. The van der Waals surface area contributed by atoms with Crippen molar-refractivity contribution in [1.29, 1.82) is 0 Å². The van der Waals surface area contributed by atoms with Gasteiger partial charge in [-0.1, -0.05) is 0 Å². The minimum Gasteiger partial charge on any atom is -0.396 e. The largest absolute Gasteiger partial charge is 0.396 e. The fourth-order valence-electron chi connectivity index (χ4n) is 2.75. The highest BCUT2D eigenvalue weighted by Gasteiger charge is 2.44. The highest BCUT2D eigenvalue weighted by Crippen LogP contribution is 2.38. The van der Waals surface area contributed by atoms with Gasteiger partial charge in [-0.15, -0.1) is 4.67 Å². The minimum absolute atomic E-state index is 0.0343. The fraction of sp³-hybridized carbons (Fsp3) is 0.643. The molecule has 13 nitrogen and oxygen atoms in total. The van der Waals surface area contributed by atoms with Crippen molar-refractivity contribution < 1.29 is 39.1 Å². The van der Waals surface area contributed by atoms with Crippen LogP contribution in [-0.4, -0.2) is 84.5 Å². The van der Waals surface area contributed by atoms with Gasteiger partial charge in [0.2, 0.25) is 0 Å². The summed E-state index contributed by atoms with van der Waals surface area (Å²) in [7, 11) is -3.85. The lowest BCUT2D eigenvalue weighted by atomic mass is 10.1. The molecule has 1 fully saturated rings. The summed E-state index contributed by atoms with van der Waals surface area (Å²) in [6, 6.07) is 0. The number of rotatable bonds is 9. The van der Waals surface area contributed by atoms with Gasteiger partial charge in [-0.05, 0) is 6.42 Å². The number of hydrogen-bond donors (Lipinski definition) is 5. The fourth-order valence-corrected chi connectivity index (χ4v) is 3.00. The van der Waals surface area contributed by atoms with Crippen LogP contribution in [0.2, 0.25) is 0 Å². The predicted molar refractivity (Wildman–Crippen MR) is 94.2 cm³/mol. The molecule has 0 bridgehead atoms. The first-order chi connectivity index (χ1) is 13.3. The maximum atomic E-state index is 11.1. The van der Waals surface area contributed by atoms with Gasteiger partial charge >= 0.3 is 7.60 Å². The van der Waals surface area contributed by atoms with E-state index < -0.39 is 32.1 Å². The molecule has 5 N–H and O–H groups in total. The molecule has 1 unspecified atom stereocenters. The van der Waals surface area contributed by atoms with Crippen molar-refractivity contribution in [3.05, 3.63) is 12.7 Å². The number of aliphatic hydroxyl groups excluding tert-OH is 3. The van der Waals surface area contributed by atoms with E-state index in [1.165, 1.54) is 17.2 Å². The number of fused-ring (bicyclic) bond motifs is 1. The molecule has 2 aromatic heterocycles. The summed E-state index contributed by atoms with van der Waals surface area (Å²) in [6.07, 6.45) is -1.44. The highest BCUT2D eigenvalue weighted by molar-refractivity contribution is 7.51. The quantitative estimate of drug-likeness (QED) is 0.145. The van der Waals surface area contributed by atoms with Crippen molar-refractivity contribution in [2.75, 3.05) is 31.7 Å². The molecule has 0 aliphatic carbocycles. The lowest BCUT2D eigenvalue weighted by molar-refractivity contribution is -0.238. The number of nitrogens with zero attached hydrogens (tertiary/aromatic N) is 4. The van der Waals surface area contributed by atoms with Crippen molar-refractivity contribution in [2.24, 2.45) is 0 Å². The summed E-state index contributed by atoms with van der Waals surface area (Å²) >= 11 is 0. The molecule has 3 heterocycles. The second kappa shape index (κ2) is 8.76. The van der Waals surface area contributed by atoms with Gasteiger partial charge in [0.1, 0.15) is 31.2 Å². The standard InChI is InChI=1S/C14H22N5O8P/c1-28(23,24)27-25-5-8-10(21)11(22)14(26-8)19-7-18-9-12(15-3-2-4-20)16-6-17-13(9)19/h6-8,10-11,14,20-22H,2-5H2,1H3,(H,23,24)(H,15,16,17)/t8-,10-,11-,14-/m1/s1. The van der Waals surface area contributed by atoms with E-state index in [2.05, 4.69) is 29.8 Å². The van der Waals surface area contributed by atoms with Crippen LogP contribution in [0, 0.1) is 0 Å². The summed E-state index contributed by atoms with van der Waals surface area (Å²) in [5.74, 6) is 0.458. The first kappa shape index (κ1) is 21.0. The van der Waals surface area contributed by atoms with Crippen LogP contribution in [0.3, 0.4) is 0 Å². The molecular formula is C14H22N5O8P. The van der Waals surface area contributed by atoms with Crippen LogP contribution in [0.25, 0.3) is 11.2 Å². The number of aromatic nitrogens is 4. The van der Waals surface area contributed by atoms with E-state index in [0.29, 0.717) is 29.9 Å². The third-order valence-electron chi connectivity index (χ3n) is 4.02. The normalized spacial score (nSPS) is 27.2. The third-order valence-corrected chi connectivity index (χ3v) is 4.40. The van der Waals surface area contributed by atoms with Crippen molar-refractivity contribution in [2.45, 2.75) is 31.0 Å². The van der Waals surface area contributed by atoms with Gasteiger partial charge < -0.3 is 30.3 Å². The topological polar surface area (TPSA) is 181 Å². The lowest BCUT2D eigenvalue weighted by Gasteiger charge is -2.16. The Bertz CT molecular complexity index is 844. The van der Waals surface area contributed by atoms with Gasteiger partial charge in [0.25, 0.3) is 0 Å². The van der Waals surface area contributed by atoms with Crippen LogP contribution in [0.5, 0.6) is 0 Å². The molecular weight excluding hydrogens is 397 g/mol. The van der Waals surface area contributed by atoms with E-state index in [1.54, 1.807) is 0 Å². The molecule has 0 spiro atoms. The van der Waals surface area contributed by atoms with Crippen LogP contribution in [0.1, 0.15) is 12.6 Å². The van der Waals surface area contributed by atoms with E-state index in [0.717, 1.165) is 6.66 Å². The van der Waals surface area contributed by atoms with Crippen LogP contribution >= 0.6 is 7.60 Å². The summed E-state index contributed by atoms with van der Waals surface area (Å²) < 4.78 is 22.4. The van der Waals surface area contributed by atoms with Gasteiger partial charge in [-0.3, -0.25) is 9.13 Å². The molecule has 0 radical (unpaired) electrons. The minimum atomic E-state index is -3.85. The molecule has 1 saturated heterocycles. The van der Waals surface area contributed by atoms with Gasteiger partial charge in [0.15, 0.2) is 23.2 Å². The molecule has 156 valence electrons. The Morgan fingerprint density at radius 2 is 2.11 bits per heavy atom. The third kappa shape index (κ3) is 4.64. The van der Waals surface area contributed by atoms with E-state index in [4.69, 9.17) is 14.7 Å². The van der Waals surface area contributed by atoms with Gasteiger partial charge in [0.05, 0.1) is 6.33 Å². The number of aliphatic hydroxyl groups is 3. The van der Waals surface area contributed by atoms with Gasteiger partial charge in [-0.25, -0.2) is 19.8 Å². The monoisotopic (exact) mass is 419 g/mol. The second-order valence-corrected chi connectivity index (χ2v) is 8.01. The van der Waals surface area contributed by atoms with Gasteiger partial charge in [-0.2, -0.15) is 0 Å². The number of imidazole rings is 1. The number of hydrogen-bond acceptors (Lipinski definition) is 11. The van der Waals surface area contributed by atoms with Crippen molar-refractivity contribution >= 4 is 24.6 Å². The Morgan fingerprint density at radius 3 is 2.82 bits per heavy atom. The zero-order valence-corrected chi connectivity index (χ0v) is 15.8. The van der Waals surface area contributed by atoms with E-state index in [-0.39, 0.29) is 13.2 Å². The summed E-state index contributed by atoms with van der Waals surface area (Å²) in [5.41, 5.74) is 0.796. The summed E-state index contributed by atoms with van der Waals surface area (Å²) in [4.78, 5) is 26.2. The Morgan fingerprint density at radius 1 is 1.32 bits per heavy atom. The Kier molecular flexibility index (Phi) is 6.58. The molecule has 0 aromatic carbocycles. The van der Waals surface area contributed by atoms with Crippen molar-refractivity contribution in [1.82, 2.24) is 19.5 Å². The first-order valence-corrected chi connectivity index (χ1v) is 10.5. The zero-order valence-electron chi connectivity index (χ0n) is 15.0. The maximum Gasteiger partial charge on any atom is 0.352 e. The van der Waals surface area contributed by atoms with E-state index >= 15 is 0 Å². The first-order valence-electron chi connectivity index (χ1n) is 8.47. The predicted octanol–water partition coefficient (Wildman–Crippen LogP) is -0.997. The van der Waals surface area contributed by atoms with E-state index in [9.17, 15) is 14.8 Å². The SMILES string of the molecule is CP(=O)(O)OOC[C@H]1O[C@@H](n2cnc3c(NCCCO)ncnc32)[C@H](O)[C@@H]1O. The number of ether oxygens (including phenoxy) is 1. The molecule has 5 atom stereocenters. The lowest BCUT2D eigenvalue weighted by Crippen LogP contribution is -2.33. The Labute approximate surface area is 159 Å². The molecule has 28 heavy (non-hydrogen) atoms. The number of anilines is 1. The number of nitrogens with one attached hydrogen (secondary N) is 1. The van der Waals surface area contributed by atoms with Crippen LogP contribution in [0.15, 0.2) is 12.7 Å². The molecule has 1 aliphatic heterocycles. The molecule has 0 saturated carbocycles. The average Bonchev–Trinajstić information content (AvgIpc) is 3.18. The molecule has 3 rings (SSSR count). The van der Waals surface area contributed by atoms with Gasteiger partial charge in [0, 0.05) is 19.8 Å². The van der Waals surface area contributed by atoms with Crippen LogP contribution < -0.4 is 5.32 Å². The Hall–Kier alpha value is -1.70. The Balaban J connectivity index is 1.75. The zero-order chi connectivity index (χ0) is 20.3. The smallest absolute Gasteiger partial charge is 0.352 e. The molecule has 1 aliphatic rings. The van der Waals surface area contributed by atoms with Crippen molar-refractivity contribution in [3.63, 3.8) is 0 Å². The van der Waals surface area contributed by atoms with E-state index in [1.807, 2.05) is 0 Å². The highest BCUT2D eigenvalue weighted by atomic mass is 31.2. The summed E-state index contributed by atoms with van der Waals surface area (Å²) in [5, 5.41) is 32.4.